The number of rotatable bonds is 2. The molecule has 0 atom stereocenters. The van der Waals surface area contributed by atoms with Gasteiger partial charge in [-0.15, -0.1) is 5.10 Å². The fraction of sp³-hybridized carbons (Fsp3) is 0.417. The van der Waals surface area contributed by atoms with Crippen molar-refractivity contribution in [3.63, 3.8) is 0 Å². The van der Waals surface area contributed by atoms with Crippen molar-refractivity contribution in [1.82, 2.24) is 14.9 Å². The first-order valence-corrected chi connectivity index (χ1v) is 6.88. The van der Waals surface area contributed by atoms with E-state index in [1.54, 1.807) is 0 Å². The second kappa shape index (κ2) is 4.89. The molecule has 5 nitrogen and oxygen atoms in total. The van der Waals surface area contributed by atoms with Crippen LogP contribution in [0.1, 0.15) is 25.7 Å². The van der Waals surface area contributed by atoms with Crippen molar-refractivity contribution in [1.29, 1.82) is 0 Å². The van der Waals surface area contributed by atoms with Crippen molar-refractivity contribution in [3.05, 3.63) is 18.2 Å². The first-order chi connectivity index (χ1) is 8.81. The highest BCUT2D eigenvalue weighted by Crippen LogP contribution is 2.20. The van der Waals surface area contributed by atoms with Crippen LogP contribution in [-0.2, 0) is 0 Å². The lowest BCUT2D eigenvalue weighted by Crippen LogP contribution is -2.36. The molecule has 18 heavy (non-hydrogen) atoms. The molecule has 2 amide bonds. The number of benzene rings is 1. The fourth-order valence-electron chi connectivity index (χ4n) is 2.28. The highest BCUT2D eigenvalue weighted by molar-refractivity contribution is 7.12. The molecule has 6 heteroatoms. The van der Waals surface area contributed by atoms with Gasteiger partial charge in [0.15, 0.2) is 0 Å². The third-order valence-corrected chi connectivity index (χ3v) is 3.90. The molecule has 0 aliphatic heterocycles. The molecule has 1 aromatic heterocycles. The molecular weight excluding hydrogens is 248 g/mol. The maximum Gasteiger partial charge on any atom is 0.319 e. The van der Waals surface area contributed by atoms with E-state index in [4.69, 9.17) is 0 Å². The quantitative estimate of drug-likeness (QED) is 0.874. The summed E-state index contributed by atoms with van der Waals surface area (Å²) in [6.45, 7) is 0. The lowest BCUT2D eigenvalue weighted by atomic mass is 10.2. The van der Waals surface area contributed by atoms with Gasteiger partial charge in [-0.25, -0.2) is 4.79 Å². The van der Waals surface area contributed by atoms with Crippen molar-refractivity contribution in [2.45, 2.75) is 31.7 Å². The van der Waals surface area contributed by atoms with E-state index < -0.39 is 0 Å². The van der Waals surface area contributed by atoms with E-state index in [-0.39, 0.29) is 6.03 Å². The summed E-state index contributed by atoms with van der Waals surface area (Å²) < 4.78 is 4.89. The number of carbonyl (C=O) groups is 1. The topological polar surface area (TPSA) is 66.9 Å². The second-order valence-corrected chi connectivity index (χ2v) is 5.32. The van der Waals surface area contributed by atoms with Crippen molar-refractivity contribution >= 4 is 33.5 Å². The van der Waals surface area contributed by atoms with Gasteiger partial charge in [0.1, 0.15) is 5.52 Å². The monoisotopic (exact) mass is 262 g/mol. The van der Waals surface area contributed by atoms with Crippen molar-refractivity contribution in [2.24, 2.45) is 0 Å². The minimum Gasteiger partial charge on any atom is -0.335 e. The van der Waals surface area contributed by atoms with Crippen LogP contribution in [0, 0.1) is 0 Å². The number of urea groups is 1. The van der Waals surface area contributed by atoms with Crippen LogP contribution in [0.15, 0.2) is 18.2 Å². The van der Waals surface area contributed by atoms with Gasteiger partial charge in [0.25, 0.3) is 0 Å². The summed E-state index contributed by atoms with van der Waals surface area (Å²) in [5.41, 5.74) is 1.57. The van der Waals surface area contributed by atoms with E-state index >= 15 is 0 Å². The van der Waals surface area contributed by atoms with Crippen LogP contribution in [0.4, 0.5) is 10.5 Å². The standard InChI is InChI=1S/C12H14N4OS/c17-12(13-8-3-1-2-4-8)14-9-5-6-11-10(7-9)15-16-18-11/h5-8H,1-4H2,(H2,13,14,17). The molecule has 0 unspecified atom stereocenters. The predicted octanol–water partition coefficient (Wildman–Crippen LogP) is 2.76. The molecule has 1 aromatic carbocycles. The highest BCUT2D eigenvalue weighted by atomic mass is 32.1. The molecule has 94 valence electrons. The smallest absolute Gasteiger partial charge is 0.319 e. The van der Waals surface area contributed by atoms with E-state index in [0.29, 0.717) is 6.04 Å². The number of nitrogens with zero attached hydrogens (tertiary/aromatic N) is 2. The third-order valence-electron chi connectivity index (χ3n) is 3.19. The van der Waals surface area contributed by atoms with Gasteiger partial charge < -0.3 is 10.6 Å². The minimum atomic E-state index is -0.135. The molecule has 2 aromatic rings. The van der Waals surface area contributed by atoms with Crippen molar-refractivity contribution in [3.8, 4) is 0 Å². The van der Waals surface area contributed by atoms with Gasteiger partial charge >= 0.3 is 6.03 Å². The summed E-state index contributed by atoms with van der Waals surface area (Å²) >= 11 is 1.35. The summed E-state index contributed by atoms with van der Waals surface area (Å²) in [7, 11) is 0. The summed E-state index contributed by atoms with van der Waals surface area (Å²) in [6.07, 6.45) is 4.59. The molecule has 1 fully saturated rings. The number of hydrogen-bond acceptors (Lipinski definition) is 4. The Morgan fingerprint density at radius 1 is 1.33 bits per heavy atom. The Bertz CT molecular complexity index is 562. The van der Waals surface area contributed by atoms with Gasteiger partial charge in [0.05, 0.1) is 4.70 Å². The molecule has 0 spiro atoms. The summed E-state index contributed by atoms with van der Waals surface area (Å²) in [5.74, 6) is 0. The minimum absolute atomic E-state index is 0.135. The number of carbonyl (C=O) groups excluding carboxylic acids is 1. The molecule has 1 heterocycles. The van der Waals surface area contributed by atoms with E-state index in [1.165, 1.54) is 24.4 Å². The van der Waals surface area contributed by atoms with Crippen LogP contribution in [0.5, 0.6) is 0 Å². The molecule has 1 aliphatic carbocycles. The van der Waals surface area contributed by atoms with Crippen molar-refractivity contribution in [2.75, 3.05) is 5.32 Å². The molecule has 0 radical (unpaired) electrons. The first-order valence-electron chi connectivity index (χ1n) is 6.11. The lowest BCUT2D eigenvalue weighted by molar-refractivity contribution is 0.248. The SMILES string of the molecule is O=C(Nc1ccc2snnc2c1)NC1CCCC1. The molecule has 3 rings (SSSR count). The largest absolute Gasteiger partial charge is 0.335 e. The van der Waals surface area contributed by atoms with Gasteiger partial charge in [-0.05, 0) is 42.6 Å². The van der Waals surface area contributed by atoms with Crippen LogP contribution in [0.3, 0.4) is 0 Å². The molecule has 0 bridgehead atoms. The Morgan fingerprint density at radius 3 is 3.00 bits per heavy atom. The molecule has 2 N–H and O–H groups in total. The maximum absolute atomic E-state index is 11.8. The number of fused-ring (bicyclic) bond motifs is 1. The maximum atomic E-state index is 11.8. The number of hydrogen-bond donors (Lipinski definition) is 2. The molecule has 0 saturated heterocycles. The predicted molar refractivity (Wildman–Crippen MR) is 71.8 cm³/mol. The van der Waals surface area contributed by atoms with Crippen LogP contribution in [-0.4, -0.2) is 21.7 Å². The van der Waals surface area contributed by atoms with Crippen LogP contribution >= 0.6 is 11.5 Å². The number of amides is 2. The van der Waals surface area contributed by atoms with Gasteiger partial charge in [0.2, 0.25) is 0 Å². The Balaban J connectivity index is 1.65. The number of nitrogens with one attached hydrogen (secondary N) is 2. The zero-order valence-corrected chi connectivity index (χ0v) is 10.7. The highest BCUT2D eigenvalue weighted by Gasteiger charge is 2.16. The lowest BCUT2D eigenvalue weighted by Gasteiger charge is -2.12. The van der Waals surface area contributed by atoms with Crippen LogP contribution in [0.2, 0.25) is 0 Å². The van der Waals surface area contributed by atoms with Crippen LogP contribution < -0.4 is 10.6 Å². The summed E-state index contributed by atoms with van der Waals surface area (Å²) in [4.78, 5) is 11.8. The number of aromatic nitrogens is 2. The summed E-state index contributed by atoms with van der Waals surface area (Å²) in [6, 6.07) is 5.83. The Morgan fingerprint density at radius 2 is 2.17 bits per heavy atom. The molecule has 1 saturated carbocycles. The second-order valence-electron chi connectivity index (χ2n) is 4.54. The van der Waals surface area contributed by atoms with E-state index in [2.05, 4.69) is 20.2 Å². The van der Waals surface area contributed by atoms with E-state index in [0.717, 1.165) is 28.7 Å². The summed E-state index contributed by atoms with van der Waals surface area (Å²) in [5, 5.41) is 9.81. The van der Waals surface area contributed by atoms with Crippen molar-refractivity contribution < 1.29 is 4.79 Å². The average Bonchev–Trinajstić information content (AvgIpc) is 2.98. The van der Waals surface area contributed by atoms with Gasteiger partial charge in [-0.1, -0.05) is 17.3 Å². The average molecular weight is 262 g/mol. The zero-order chi connectivity index (χ0) is 12.4. The zero-order valence-electron chi connectivity index (χ0n) is 9.85. The Kier molecular flexibility index (Phi) is 3.10. The van der Waals surface area contributed by atoms with Gasteiger partial charge in [0, 0.05) is 11.7 Å². The van der Waals surface area contributed by atoms with E-state index in [9.17, 15) is 4.79 Å². The third kappa shape index (κ3) is 2.43. The van der Waals surface area contributed by atoms with Crippen LogP contribution in [0.25, 0.3) is 10.2 Å². The number of anilines is 1. The first kappa shape index (κ1) is 11.4. The fourth-order valence-corrected chi connectivity index (χ4v) is 2.82. The molecule has 1 aliphatic rings. The Hall–Kier alpha value is -1.69. The van der Waals surface area contributed by atoms with Gasteiger partial charge in [-0.3, -0.25) is 0 Å². The molecular formula is C12H14N4OS. The van der Waals surface area contributed by atoms with E-state index in [1.807, 2.05) is 18.2 Å². The normalized spacial score (nSPS) is 16.0. The Labute approximate surface area is 109 Å². The van der Waals surface area contributed by atoms with Gasteiger partial charge in [-0.2, -0.15) is 0 Å².